The molecule has 0 amide bonds. The lowest BCUT2D eigenvalue weighted by Gasteiger charge is -2.19. The fourth-order valence-corrected chi connectivity index (χ4v) is 2.77. The van der Waals surface area contributed by atoms with Gasteiger partial charge in [-0.1, -0.05) is 32.3 Å². The summed E-state index contributed by atoms with van der Waals surface area (Å²) in [6.07, 6.45) is 0. The summed E-state index contributed by atoms with van der Waals surface area (Å²) >= 11 is 1.18. The Morgan fingerprint density at radius 2 is 1.94 bits per heavy atom. The average Bonchev–Trinajstić information content (AvgIpc) is 2.52. The molecular formula is C13H15NO3S. The van der Waals surface area contributed by atoms with Crippen LogP contribution in [0.1, 0.15) is 36.7 Å². The van der Waals surface area contributed by atoms with E-state index < -0.39 is 5.97 Å². The maximum absolute atomic E-state index is 12.0. The maximum atomic E-state index is 12.0. The molecule has 4 nitrogen and oxygen atoms in total. The number of carbonyl (C=O) groups is 1. The standard InChI is InChI=1S/C13H15NO3S/c1-13(2,3)7-5-8-10(9(6-7)12(16)17)18-14(4)11(8)15/h5-6H,1-4H3,(H,16,17). The summed E-state index contributed by atoms with van der Waals surface area (Å²) in [6.45, 7) is 5.99. The van der Waals surface area contributed by atoms with E-state index in [9.17, 15) is 14.7 Å². The number of fused-ring (bicyclic) bond motifs is 1. The molecule has 0 bridgehead atoms. The zero-order valence-electron chi connectivity index (χ0n) is 10.8. The van der Waals surface area contributed by atoms with Gasteiger partial charge in [0.05, 0.1) is 15.6 Å². The topological polar surface area (TPSA) is 59.3 Å². The molecule has 2 aromatic rings. The first kappa shape index (κ1) is 12.8. The SMILES string of the molecule is Cn1sc2c(C(=O)O)cc(C(C)(C)C)cc2c1=O. The summed E-state index contributed by atoms with van der Waals surface area (Å²) in [7, 11) is 1.65. The van der Waals surface area contributed by atoms with Crippen LogP contribution in [0.4, 0.5) is 0 Å². The molecule has 0 atom stereocenters. The Balaban J connectivity index is 2.93. The van der Waals surface area contributed by atoms with Gasteiger partial charge in [0.1, 0.15) is 0 Å². The van der Waals surface area contributed by atoms with Gasteiger partial charge in [-0.05, 0) is 23.1 Å². The molecule has 0 aliphatic carbocycles. The van der Waals surface area contributed by atoms with Gasteiger partial charge in [-0.15, -0.1) is 0 Å². The van der Waals surface area contributed by atoms with Crippen molar-refractivity contribution in [2.45, 2.75) is 26.2 Å². The van der Waals surface area contributed by atoms with Gasteiger partial charge in [0.15, 0.2) is 0 Å². The summed E-state index contributed by atoms with van der Waals surface area (Å²) in [4.78, 5) is 23.3. The Morgan fingerprint density at radius 1 is 1.33 bits per heavy atom. The Labute approximate surface area is 109 Å². The second kappa shape index (κ2) is 3.95. The lowest BCUT2D eigenvalue weighted by Crippen LogP contribution is -2.14. The number of carboxylic acid groups (broad SMARTS) is 1. The number of aryl methyl sites for hydroxylation is 1. The minimum atomic E-state index is -0.993. The van der Waals surface area contributed by atoms with Crippen LogP contribution in [0.5, 0.6) is 0 Å². The Kier molecular flexibility index (Phi) is 2.81. The first-order valence-corrected chi connectivity index (χ1v) is 6.37. The van der Waals surface area contributed by atoms with Gasteiger partial charge in [-0.3, -0.25) is 8.75 Å². The number of nitrogens with zero attached hydrogens (tertiary/aromatic N) is 1. The first-order chi connectivity index (χ1) is 8.21. The highest BCUT2D eigenvalue weighted by Gasteiger charge is 2.21. The van der Waals surface area contributed by atoms with Crippen LogP contribution < -0.4 is 5.56 Å². The van der Waals surface area contributed by atoms with E-state index in [1.54, 1.807) is 19.2 Å². The van der Waals surface area contributed by atoms with Crippen molar-refractivity contribution in [3.05, 3.63) is 33.6 Å². The van der Waals surface area contributed by atoms with E-state index in [-0.39, 0.29) is 16.5 Å². The molecule has 0 radical (unpaired) electrons. The van der Waals surface area contributed by atoms with Crippen LogP contribution in [0.25, 0.3) is 10.1 Å². The smallest absolute Gasteiger partial charge is 0.337 e. The van der Waals surface area contributed by atoms with Gasteiger partial charge in [-0.25, -0.2) is 4.79 Å². The molecule has 0 spiro atoms. The van der Waals surface area contributed by atoms with Gasteiger partial charge in [0.25, 0.3) is 5.56 Å². The molecule has 0 unspecified atom stereocenters. The highest BCUT2D eigenvalue weighted by atomic mass is 32.1. The second-order valence-electron chi connectivity index (χ2n) is 5.35. The van der Waals surface area contributed by atoms with Crippen LogP contribution in [-0.4, -0.2) is 15.0 Å². The average molecular weight is 265 g/mol. The quantitative estimate of drug-likeness (QED) is 0.862. The van der Waals surface area contributed by atoms with Gasteiger partial charge in [-0.2, -0.15) is 0 Å². The van der Waals surface area contributed by atoms with Gasteiger partial charge in [0.2, 0.25) is 0 Å². The van der Waals surface area contributed by atoms with Crippen molar-refractivity contribution < 1.29 is 9.90 Å². The highest BCUT2D eigenvalue weighted by Crippen LogP contribution is 2.29. The van der Waals surface area contributed by atoms with Crippen LogP contribution in [0, 0.1) is 0 Å². The van der Waals surface area contributed by atoms with Gasteiger partial charge >= 0.3 is 5.97 Å². The zero-order valence-corrected chi connectivity index (χ0v) is 11.6. The molecule has 1 heterocycles. The third-order valence-electron chi connectivity index (χ3n) is 2.93. The van der Waals surface area contributed by atoms with Crippen LogP contribution in [0.3, 0.4) is 0 Å². The molecule has 1 N–H and O–H groups in total. The maximum Gasteiger partial charge on any atom is 0.337 e. The molecule has 0 fully saturated rings. The number of carboxylic acids is 1. The molecule has 1 aromatic heterocycles. The molecule has 18 heavy (non-hydrogen) atoms. The summed E-state index contributed by atoms with van der Waals surface area (Å²) in [6, 6.07) is 3.47. The monoisotopic (exact) mass is 265 g/mol. The predicted octanol–water partition coefficient (Wildman–Crippen LogP) is 2.60. The number of aromatic nitrogens is 1. The fraction of sp³-hybridized carbons (Fsp3) is 0.385. The fourth-order valence-electron chi connectivity index (χ4n) is 1.83. The van der Waals surface area contributed by atoms with Crippen LogP contribution in [-0.2, 0) is 12.5 Å². The lowest BCUT2D eigenvalue weighted by atomic mass is 9.85. The van der Waals surface area contributed by atoms with E-state index in [4.69, 9.17) is 0 Å². The molecule has 1 aromatic carbocycles. The highest BCUT2D eigenvalue weighted by molar-refractivity contribution is 7.14. The summed E-state index contributed by atoms with van der Waals surface area (Å²) in [5, 5.41) is 9.76. The van der Waals surface area contributed by atoms with Crippen molar-refractivity contribution >= 4 is 27.6 Å². The summed E-state index contributed by atoms with van der Waals surface area (Å²) < 4.78 is 2.01. The van der Waals surface area contributed by atoms with E-state index in [0.29, 0.717) is 10.1 Å². The Hall–Kier alpha value is -1.62. The molecule has 0 saturated carbocycles. The Morgan fingerprint density at radius 3 is 2.44 bits per heavy atom. The van der Waals surface area contributed by atoms with Crippen LogP contribution in [0.2, 0.25) is 0 Å². The van der Waals surface area contributed by atoms with Gasteiger partial charge < -0.3 is 5.11 Å². The third-order valence-corrected chi connectivity index (χ3v) is 3.99. The molecule has 0 aliphatic heterocycles. The van der Waals surface area contributed by atoms with E-state index in [1.807, 2.05) is 20.8 Å². The molecule has 5 heteroatoms. The van der Waals surface area contributed by atoms with Gasteiger partial charge in [0, 0.05) is 7.05 Å². The first-order valence-electron chi connectivity index (χ1n) is 5.59. The van der Waals surface area contributed by atoms with Crippen molar-refractivity contribution in [3.63, 3.8) is 0 Å². The van der Waals surface area contributed by atoms with E-state index in [2.05, 4.69) is 0 Å². The normalized spacial score (nSPS) is 12.0. The van der Waals surface area contributed by atoms with Crippen LogP contribution in [0.15, 0.2) is 16.9 Å². The largest absolute Gasteiger partial charge is 0.478 e. The minimum absolute atomic E-state index is 0.136. The van der Waals surface area contributed by atoms with E-state index in [1.165, 1.54) is 15.5 Å². The van der Waals surface area contributed by atoms with E-state index >= 15 is 0 Å². The number of hydrogen-bond donors (Lipinski definition) is 1. The zero-order chi connectivity index (χ0) is 13.7. The molecular weight excluding hydrogens is 250 g/mol. The van der Waals surface area contributed by atoms with Crippen molar-refractivity contribution in [1.82, 2.24) is 3.96 Å². The van der Waals surface area contributed by atoms with Crippen molar-refractivity contribution in [2.24, 2.45) is 7.05 Å². The molecule has 96 valence electrons. The van der Waals surface area contributed by atoms with Crippen LogP contribution >= 0.6 is 11.5 Å². The van der Waals surface area contributed by atoms with Crippen molar-refractivity contribution in [1.29, 1.82) is 0 Å². The number of aromatic carboxylic acids is 1. The number of hydrogen-bond acceptors (Lipinski definition) is 3. The lowest BCUT2D eigenvalue weighted by molar-refractivity contribution is 0.0699. The molecule has 2 rings (SSSR count). The third kappa shape index (κ3) is 1.95. The number of benzene rings is 1. The van der Waals surface area contributed by atoms with Crippen molar-refractivity contribution in [3.8, 4) is 0 Å². The summed E-state index contributed by atoms with van der Waals surface area (Å²) in [5.41, 5.74) is 0.748. The molecule has 0 aliphatic rings. The minimum Gasteiger partial charge on any atom is -0.478 e. The Bertz CT molecular complexity index is 689. The molecule has 0 saturated heterocycles. The second-order valence-corrected chi connectivity index (χ2v) is 6.49. The van der Waals surface area contributed by atoms with Crippen molar-refractivity contribution in [2.75, 3.05) is 0 Å². The summed E-state index contributed by atoms with van der Waals surface area (Å²) in [5.74, 6) is -0.993. The number of rotatable bonds is 1. The predicted molar refractivity (Wildman–Crippen MR) is 72.7 cm³/mol. The van der Waals surface area contributed by atoms with E-state index in [0.717, 1.165) is 5.56 Å².